The van der Waals surface area contributed by atoms with Gasteiger partial charge in [-0.1, -0.05) is 84.9 Å². The summed E-state index contributed by atoms with van der Waals surface area (Å²) < 4.78 is 16.1. The standard InChI is InChI=1S/C43H32N2O9/c1-25(46)54-34-23-18-30(24-33(34)45(50)51)44-39(47)37-38(40(44)48)43(29-12-8-5-9-13-29)36(27-16-21-32(53-3)22-17-27)35(26-14-19-31(52-2)20-15-26)42(37,41(43)49)28-10-6-4-7-11-28/h4-24,37-38H,1-3H3/t37-,38-,42-,43-/m1/s1. The van der Waals surface area contributed by atoms with Gasteiger partial charge in [-0.05, 0) is 69.8 Å². The van der Waals surface area contributed by atoms with Gasteiger partial charge in [0.25, 0.3) is 0 Å². The number of methoxy groups -OCH3 is 2. The van der Waals surface area contributed by atoms with E-state index in [1.165, 1.54) is 12.1 Å². The molecule has 2 amide bonds. The fourth-order valence-electron chi connectivity index (χ4n) is 8.92. The van der Waals surface area contributed by atoms with Gasteiger partial charge in [0.15, 0.2) is 5.78 Å². The number of nitrogens with zero attached hydrogens (tertiary/aromatic N) is 2. The van der Waals surface area contributed by atoms with Crippen molar-refractivity contribution >= 4 is 46.1 Å². The van der Waals surface area contributed by atoms with E-state index in [4.69, 9.17) is 14.2 Å². The molecule has 0 aromatic heterocycles. The average molecular weight is 721 g/mol. The van der Waals surface area contributed by atoms with Gasteiger partial charge in [0, 0.05) is 13.0 Å². The van der Waals surface area contributed by atoms with Crippen molar-refractivity contribution in [2.24, 2.45) is 11.8 Å². The average Bonchev–Trinajstić information content (AvgIpc) is 3.70. The third-order valence-corrected chi connectivity index (χ3v) is 10.9. The molecule has 5 aromatic rings. The molecule has 11 heteroatoms. The van der Waals surface area contributed by atoms with E-state index >= 15 is 14.4 Å². The number of esters is 1. The summed E-state index contributed by atoms with van der Waals surface area (Å²) in [6.07, 6.45) is 0. The van der Waals surface area contributed by atoms with Crippen molar-refractivity contribution in [2.45, 2.75) is 17.8 Å². The van der Waals surface area contributed by atoms with E-state index in [0.29, 0.717) is 44.9 Å². The second-order valence-corrected chi connectivity index (χ2v) is 13.4. The largest absolute Gasteiger partial charge is 0.497 e. The molecule has 268 valence electrons. The molecule has 4 atom stereocenters. The fraction of sp³-hybridized carbons (Fsp3) is 0.163. The van der Waals surface area contributed by atoms with E-state index < -0.39 is 51.1 Å². The number of nitro benzene ring substituents is 1. The monoisotopic (exact) mass is 720 g/mol. The molecule has 54 heavy (non-hydrogen) atoms. The summed E-state index contributed by atoms with van der Waals surface area (Å²) in [4.78, 5) is 70.8. The number of benzene rings is 5. The molecule has 0 unspecified atom stereocenters. The minimum Gasteiger partial charge on any atom is -0.497 e. The first-order valence-corrected chi connectivity index (χ1v) is 17.1. The van der Waals surface area contributed by atoms with Crippen molar-refractivity contribution in [2.75, 3.05) is 19.1 Å². The lowest BCUT2D eigenvalue weighted by molar-refractivity contribution is -0.385. The van der Waals surface area contributed by atoms with Gasteiger partial charge in [0.2, 0.25) is 17.6 Å². The van der Waals surface area contributed by atoms with Crippen LogP contribution in [0.4, 0.5) is 11.4 Å². The van der Waals surface area contributed by atoms with Crippen molar-refractivity contribution in [1.29, 1.82) is 0 Å². The summed E-state index contributed by atoms with van der Waals surface area (Å²) in [5.74, 6) is -4.15. The molecule has 0 spiro atoms. The van der Waals surface area contributed by atoms with Crippen molar-refractivity contribution in [3.05, 3.63) is 160 Å². The first kappa shape index (κ1) is 34.2. The highest BCUT2D eigenvalue weighted by Gasteiger charge is 2.82. The lowest BCUT2D eigenvalue weighted by Crippen LogP contribution is -2.45. The molecule has 1 aliphatic heterocycles. The van der Waals surface area contributed by atoms with Gasteiger partial charge in [-0.2, -0.15) is 0 Å². The first-order chi connectivity index (χ1) is 26.1. The van der Waals surface area contributed by atoms with Crippen LogP contribution >= 0.6 is 0 Å². The topological polar surface area (TPSA) is 142 Å². The smallest absolute Gasteiger partial charge is 0.313 e. The number of fused-ring (bicyclic) bond motifs is 5. The van der Waals surface area contributed by atoms with Gasteiger partial charge >= 0.3 is 11.7 Å². The summed E-state index contributed by atoms with van der Waals surface area (Å²) in [6.45, 7) is 1.11. The zero-order chi connectivity index (χ0) is 37.9. The molecule has 1 saturated carbocycles. The number of anilines is 1. The van der Waals surface area contributed by atoms with Gasteiger partial charge in [-0.15, -0.1) is 0 Å². The molecule has 2 fully saturated rings. The van der Waals surface area contributed by atoms with Crippen molar-refractivity contribution in [1.82, 2.24) is 0 Å². The van der Waals surface area contributed by atoms with E-state index in [0.717, 1.165) is 17.9 Å². The minimum absolute atomic E-state index is 0.0859. The lowest BCUT2D eigenvalue weighted by Gasteiger charge is -2.39. The van der Waals surface area contributed by atoms with Crippen LogP contribution in [0.25, 0.3) is 11.1 Å². The third kappa shape index (κ3) is 4.60. The number of amides is 2. The second kappa shape index (κ2) is 12.7. The number of ether oxygens (including phenoxy) is 3. The van der Waals surface area contributed by atoms with Gasteiger partial charge in [-0.3, -0.25) is 29.3 Å². The minimum atomic E-state index is -1.70. The molecule has 2 aliphatic carbocycles. The predicted molar refractivity (Wildman–Crippen MR) is 198 cm³/mol. The van der Waals surface area contributed by atoms with E-state index in [9.17, 15) is 14.9 Å². The Labute approximate surface area is 309 Å². The fourth-order valence-corrected chi connectivity index (χ4v) is 8.92. The van der Waals surface area contributed by atoms with E-state index in [-0.39, 0.29) is 17.2 Å². The number of imide groups is 1. The number of allylic oxidation sites excluding steroid dienone is 2. The molecule has 11 nitrogen and oxygen atoms in total. The lowest BCUT2D eigenvalue weighted by atomic mass is 9.59. The maximum absolute atomic E-state index is 16.1. The van der Waals surface area contributed by atoms with Crippen LogP contribution in [0.2, 0.25) is 0 Å². The van der Waals surface area contributed by atoms with E-state index in [1.54, 1.807) is 87.0 Å². The SMILES string of the molecule is COc1ccc(C2=C(c3ccc(OC)cc3)[C@@]3(c4ccccc4)C(=O)[C@@]2(c2ccccc2)[C@H]2C(=O)N(c4ccc(OC(C)=O)c([N+](=O)[O-])c4)C(=O)[C@@H]23)cc1. The van der Waals surface area contributed by atoms with Crippen LogP contribution in [0, 0.1) is 22.0 Å². The number of hydrogen-bond acceptors (Lipinski definition) is 9. The van der Waals surface area contributed by atoms with Crippen LogP contribution in [-0.4, -0.2) is 42.7 Å². The molecule has 5 aromatic carbocycles. The Hall–Kier alpha value is -6.88. The molecule has 0 radical (unpaired) electrons. The Morgan fingerprint density at radius 2 is 1.11 bits per heavy atom. The van der Waals surface area contributed by atoms with Crippen LogP contribution in [-0.2, 0) is 30.0 Å². The number of carbonyl (C=O) groups is 4. The molecule has 2 bridgehead atoms. The highest BCUT2D eigenvalue weighted by Crippen LogP contribution is 2.74. The summed E-state index contributed by atoms with van der Waals surface area (Å²) in [5.41, 5.74) is -0.610. The second-order valence-electron chi connectivity index (χ2n) is 13.4. The summed E-state index contributed by atoms with van der Waals surface area (Å²) in [5, 5.41) is 12.2. The van der Waals surface area contributed by atoms with Crippen LogP contribution in [0.5, 0.6) is 17.2 Å². The number of nitro groups is 1. The van der Waals surface area contributed by atoms with Crippen molar-refractivity contribution in [3.8, 4) is 17.2 Å². The highest BCUT2D eigenvalue weighted by atomic mass is 16.6. The van der Waals surface area contributed by atoms with Gasteiger partial charge in [0.1, 0.15) is 11.5 Å². The summed E-state index contributed by atoms with van der Waals surface area (Å²) in [7, 11) is 3.11. The van der Waals surface area contributed by atoms with E-state index in [2.05, 4.69) is 0 Å². The molecule has 1 saturated heterocycles. The number of carbonyl (C=O) groups excluding carboxylic acids is 4. The molecule has 8 rings (SSSR count). The third-order valence-electron chi connectivity index (χ3n) is 10.9. The number of rotatable bonds is 9. The maximum Gasteiger partial charge on any atom is 0.313 e. The molecular formula is C43H32N2O9. The quantitative estimate of drug-likeness (QED) is 0.0533. The van der Waals surface area contributed by atoms with Gasteiger partial charge < -0.3 is 14.2 Å². The Balaban J connectivity index is 1.49. The zero-order valence-electron chi connectivity index (χ0n) is 29.3. The Morgan fingerprint density at radius 3 is 1.50 bits per heavy atom. The molecule has 1 heterocycles. The van der Waals surface area contributed by atoms with Crippen molar-refractivity contribution < 1.29 is 38.3 Å². The Morgan fingerprint density at radius 1 is 0.667 bits per heavy atom. The van der Waals surface area contributed by atoms with Crippen LogP contribution in [0.1, 0.15) is 29.2 Å². The number of hydrogen-bond donors (Lipinski definition) is 0. The maximum atomic E-state index is 16.1. The molecule has 0 N–H and O–H groups in total. The van der Waals surface area contributed by atoms with Gasteiger partial charge in [-0.25, -0.2) is 4.90 Å². The van der Waals surface area contributed by atoms with Gasteiger partial charge in [0.05, 0.1) is 47.5 Å². The summed E-state index contributed by atoms with van der Waals surface area (Å²) >= 11 is 0. The Bertz CT molecular complexity index is 2280. The van der Waals surface area contributed by atoms with Crippen LogP contribution < -0.4 is 19.1 Å². The molecule has 3 aliphatic rings. The number of Topliss-reactive ketones (excluding diaryl/α,β-unsaturated/α-hetero) is 1. The van der Waals surface area contributed by atoms with Crippen molar-refractivity contribution in [3.63, 3.8) is 0 Å². The Kier molecular flexibility index (Phi) is 8.02. The summed E-state index contributed by atoms with van der Waals surface area (Å²) in [6, 6.07) is 36.1. The molecular weight excluding hydrogens is 688 g/mol. The number of ketones is 1. The van der Waals surface area contributed by atoms with Crippen LogP contribution in [0.15, 0.2) is 127 Å². The zero-order valence-corrected chi connectivity index (χ0v) is 29.3. The van der Waals surface area contributed by atoms with E-state index in [1.807, 2.05) is 36.4 Å². The first-order valence-electron chi connectivity index (χ1n) is 17.1. The predicted octanol–water partition coefficient (Wildman–Crippen LogP) is 6.73. The normalized spacial score (nSPS) is 22.7. The highest BCUT2D eigenvalue weighted by molar-refractivity contribution is 6.39. The van der Waals surface area contributed by atoms with Crippen LogP contribution in [0.3, 0.4) is 0 Å².